The van der Waals surface area contributed by atoms with Crippen LogP contribution in [0.5, 0.6) is 0 Å². The van der Waals surface area contributed by atoms with Gasteiger partial charge in [-0.1, -0.05) is 102 Å². The van der Waals surface area contributed by atoms with Gasteiger partial charge in [0.1, 0.15) is 0 Å². The number of hydrogen-bond acceptors (Lipinski definition) is 4. The predicted octanol–water partition coefficient (Wildman–Crippen LogP) is 6.57. The molecule has 41 heavy (non-hydrogen) atoms. The topological polar surface area (TPSA) is 78.9 Å². The second kappa shape index (κ2) is 11.7. The van der Waals surface area contributed by atoms with E-state index in [0.717, 1.165) is 16.7 Å². The Labute approximate surface area is 248 Å². The largest absolute Gasteiger partial charge is 0.391 e. The number of carbonyl (C=O) groups excluding carboxylic acids is 2. The molecule has 0 fully saturated rings. The van der Waals surface area contributed by atoms with Crippen molar-refractivity contribution in [1.29, 1.82) is 0 Å². The second-order valence-corrected chi connectivity index (χ2v) is 11.2. The number of rotatable bonds is 6. The maximum absolute atomic E-state index is 14.4. The number of carbonyl (C=O) groups is 2. The molecule has 208 valence electrons. The van der Waals surface area contributed by atoms with Crippen LogP contribution in [-0.2, 0) is 22.7 Å². The van der Waals surface area contributed by atoms with E-state index in [1.807, 2.05) is 54.6 Å². The monoisotopic (exact) mass is 586 g/mol. The highest BCUT2D eigenvalue weighted by molar-refractivity contribution is 6.35. The van der Waals surface area contributed by atoms with Crippen molar-refractivity contribution in [2.24, 2.45) is 0 Å². The molecule has 0 saturated carbocycles. The van der Waals surface area contributed by atoms with Gasteiger partial charge >= 0.3 is 0 Å². The lowest BCUT2D eigenvalue weighted by atomic mass is 9.75. The van der Waals surface area contributed by atoms with E-state index in [9.17, 15) is 14.7 Å². The third-order valence-electron chi connectivity index (χ3n) is 7.94. The van der Waals surface area contributed by atoms with Gasteiger partial charge in [-0.15, -0.1) is 0 Å². The van der Waals surface area contributed by atoms with E-state index in [1.54, 1.807) is 47.4 Å². The number of benzene rings is 4. The van der Waals surface area contributed by atoms with Crippen LogP contribution in [0.4, 0.5) is 0 Å². The zero-order chi connectivity index (χ0) is 28.5. The van der Waals surface area contributed by atoms with Gasteiger partial charge in [0, 0.05) is 15.6 Å². The van der Waals surface area contributed by atoms with Crippen LogP contribution in [-0.4, -0.2) is 27.9 Å². The summed E-state index contributed by atoms with van der Waals surface area (Å²) in [6.45, 7) is 0.171. The normalized spacial score (nSPS) is 21.6. The molecule has 2 aliphatic rings. The van der Waals surface area contributed by atoms with E-state index in [4.69, 9.17) is 28.0 Å². The fourth-order valence-corrected chi connectivity index (χ4v) is 6.62. The Balaban J connectivity index is 1.48. The highest BCUT2D eigenvalue weighted by atomic mass is 35.5. The molecule has 4 aromatic rings. The second-order valence-electron chi connectivity index (χ2n) is 10.4. The number of amides is 2. The highest BCUT2D eigenvalue weighted by Crippen LogP contribution is 2.50. The molecule has 0 saturated heterocycles. The lowest BCUT2D eigenvalue weighted by Gasteiger charge is -2.48. The number of hydrogen-bond donors (Lipinski definition) is 2. The first-order valence-electron chi connectivity index (χ1n) is 13.5. The van der Waals surface area contributed by atoms with Crippen LogP contribution in [0.3, 0.4) is 0 Å². The molecule has 0 radical (unpaired) electrons. The van der Waals surface area contributed by atoms with Crippen LogP contribution in [0.1, 0.15) is 62.6 Å². The van der Waals surface area contributed by atoms with Crippen LogP contribution < -0.4 is 5.48 Å². The molecule has 4 aromatic carbocycles. The first-order valence-corrected chi connectivity index (χ1v) is 14.3. The fraction of sp³-hybridized carbons (Fsp3) is 0.212. The standard InChI is InChI=1S/C33H28Cl2N2O4/c34-22-15-16-26(27(35)18-22)31-29(32(39)36-41-19-20-8-2-1-3-9-20)24-12-6-7-13-25(24)33(40)37(31)30-23-11-5-4-10-21(23)14-17-28(30)38/h1-13,15-16,18,28-31,38H,14,17,19H2,(H,36,39). The van der Waals surface area contributed by atoms with Crippen LogP contribution in [0.25, 0.3) is 0 Å². The van der Waals surface area contributed by atoms with Gasteiger partial charge in [0.25, 0.3) is 11.8 Å². The molecular formula is C33H28Cl2N2O4. The van der Waals surface area contributed by atoms with Crippen LogP contribution in [0, 0.1) is 0 Å². The first-order chi connectivity index (χ1) is 19.9. The number of fused-ring (bicyclic) bond motifs is 2. The third-order valence-corrected chi connectivity index (χ3v) is 8.50. The number of aliphatic hydroxyl groups is 1. The minimum absolute atomic E-state index is 0.171. The van der Waals surface area contributed by atoms with Gasteiger partial charge in [-0.25, -0.2) is 5.48 Å². The summed E-state index contributed by atoms with van der Waals surface area (Å²) in [5.74, 6) is -1.60. The van der Waals surface area contributed by atoms with Crippen LogP contribution in [0.15, 0.2) is 97.1 Å². The van der Waals surface area contributed by atoms with Gasteiger partial charge in [-0.2, -0.15) is 0 Å². The van der Waals surface area contributed by atoms with Crippen molar-refractivity contribution in [3.8, 4) is 0 Å². The maximum atomic E-state index is 14.4. The Morgan fingerprint density at radius 1 is 0.878 bits per heavy atom. The summed E-state index contributed by atoms with van der Waals surface area (Å²) in [5.41, 5.74) is 6.95. The van der Waals surface area contributed by atoms with E-state index in [-0.39, 0.29) is 12.5 Å². The quantitative estimate of drug-likeness (QED) is 0.250. The highest BCUT2D eigenvalue weighted by Gasteiger charge is 2.50. The van der Waals surface area contributed by atoms with Gasteiger partial charge in [0.05, 0.1) is 30.7 Å². The molecule has 2 N–H and O–H groups in total. The maximum Gasteiger partial charge on any atom is 0.255 e. The molecule has 0 aromatic heterocycles. The minimum atomic E-state index is -0.889. The average Bonchev–Trinajstić information content (AvgIpc) is 2.98. The number of nitrogens with one attached hydrogen (secondary N) is 1. The Hall–Kier alpha value is -3.68. The lowest BCUT2D eigenvalue weighted by molar-refractivity contribution is -0.138. The van der Waals surface area contributed by atoms with E-state index >= 15 is 0 Å². The van der Waals surface area contributed by atoms with E-state index in [2.05, 4.69) is 5.48 Å². The van der Waals surface area contributed by atoms with Crippen LogP contribution >= 0.6 is 23.2 Å². The van der Waals surface area contributed by atoms with Gasteiger partial charge in [-0.05, 0) is 58.9 Å². The minimum Gasteiger partial charge on any atom is -0.391 e. The molecule has 2 amide bonds. The van der Waals surface area contributed by atoms with Crippen LogP contribution in [0.2, 0.25) is 10.0 Å². The van der Waals surface area contributed by atoms with E-state index in [1.165, 1.54) is 0 Å². The number of hydroxylamine groups is 1. The number of nitrogens with zero attached hydrogens (tertiary/aromatic N) is 1. The van der Waals surface area contributed by atoms with Crippen molar-refractivity contribution < 1.29 is 19.5 Å². The molecule has 1 aliphatic heterocycles. The van der Waals surface area contributed by atoms with Crippen molar-refractivity contribution in [3.63, 3.8) is 0 Å². The van der Waals surface area contributed by atoms with Crippen molar-refractivity contribution in [2.45, 2.75) is 43.6 Å². The lowest BCUT2D eigenvalue weighted by Crippen LogP contribution is -2.52. The number of halogens is 2. The van der Waals surface area contributed by atoms with Crippen molar-refractivity contribution in [2.75, 3.05) is 0 Å². The van der Waals surface area contributed by atoms with E-state index < -0.39 is 30.0 Å². The molecule has 4 unspecified atom stereocenters. The zero-order valence-corrected chi connectivity index (χ0v) is 23.6. The molecule has 6 rings (SSSR count). The number of aryl methyl sites for hydroxylation is 1. The third kappa shape index (κ3) is 5.24. The van der Waals surface area contributed by atoms with E-state index in [0.29, 0.717) is 39.6 Å². The summed E-state index contributed by atoms with van der Waals surface area (Å²) >= 11 is 13.0. The summed E-state index contributed by atoms with van der Waals surface area (Å²) in [4.78, 5) is 35.8. The van der Waals surface area contributed by atoms with Gasteiger partial charge in [0.2, 0.25) is 0 Å². The predicted molar refractivity (Wildman–Crippen MR) is 157 cm³/mol. The Morgan fingerprint density at radius 3 is 2.37 bits per heavy atom. The Bertz CT molecular complexity index is 1600. The molecule has 4 atom stereocenters. The van der Waals surface area contributed by atoms with Crippen molar-refractivity contribution >= 4 is 35.0 Å². The van der Waals surface area contributed by atoms with Crippen molar-refractivity contribution in [1.82, 2.24) is 10.4 Å². The SMILES string of the molecule is O=C(NOCc1ccccc1)C1c2ccccc2C(=O)N(C2c3ccccc3CCC2O)C1c1ccc(Cl)cc1Cl. The molecule has 6 nitrogen and oxygen atoms in total. The summed E-state index contributed by atoms with van der Waals surface area (Å²) in [6.07, 6.45) is 0.326. The van der Waals surface area contributed by atoms with Gasteiger partial charge < -0.3 is 10.0 Å². The molecule has 1 heterocycles. The molecular weight excluding hydrogens is 559 g/mol. The summed E-state index contributed by atoms with van der Waals surface area (Å²) in [7, 11) is 0. The molecule has 8 heteroatoms. The molecule has 0 bridgehead atoms. The first kappa shape index (κ1) is 27.5. The number of aliphatic hydroxyl groups excluding tert-OH is 1. The van der Waals surface area contributed by atoms with Gasteiger partial charge in [0.15, 0.2) is 0 Å². The molecule has 0 spiro atoms. The molecule has 1 aliphatic carbocycles. The summed E-state index contributed by atoms with van der Waals surface area (Å²) < 4.78 is 0. The smallest absolute Gasteiger partial charge is 0.255 e. The Morgan fingerprint density at radius 2 is 1.59 bits per heavy atom. The Kier molecular flexibility index (Phi) is 7.82. The average molecular weight is 588 g/mol. The zero-order valence-electron chi connectivity index (χ0n) is 22.0. The fourth-order valence-electron chi connectivity index (χ4n) is 6.10. The van der Waals surface area contributed by atoms with Gasteiger partial charge in [-0.3, -0.25) is 14.4 Å². The van der Waals surface area contributed by atoms with Crippen molar-refractivity contribution in [3.05, 3.63) is 140 Å². The summed E-state index contributed by atoms with van der Waals surface area (Å²) in [5, 5.41) is 12.2. The summed E-state index contributed by atoms with van der Waals surface area (Å²) in [6, 6.07) is 27.9.